The normalized spacial score (nSPS) is 20.5. The molecule has 1 aliphatic rings. The SMILES string of the molecule is CC1(C(Cl)Cc2ccc(F)c(F)c2)CCCC1. The summed E-state index contributed by atoms with van der Waals surface area (Å²) in [5.41, 5.74) is 0.920. The number of hydrogen-bond acceptors (Lipinski definition) is 0. The van der Waals surface area contributed by atoms with Gasteiger partial charge >= 0.3 is 0 Å². The van der Waals surface area contributed by atoms with Gasteiger partial charge in [0.1, 0.15) is 0 Å². The molecule has 0 N–H and O–H groups in total. The molecule has 1 saturated carbocycles. The van der Waals surface area contributed by atoms with E-state index in [2.05, 4.69) is 6.92 Å². The summed E-state index contributed by atoms with van der Waals surface area (Å²) in [6.45, 7) is 2.19. The Morgan fingerprint density at radius 1 is 1.24 bits per heavy atom. The van der Waals surface area contributed by atoms with Gasteiger partial charge in [0, 0.05) is 5.38 Å². The van der Waals surface area contributed by atoms with E-state index < -0.39 is 11.6 Å². The van der Waals surface area contributed by atoms with E-state index in [1.807, 2.05) is 0 Å². The number of rotatable bonds is 3. The van der Waals surface area contributed by atoms with Crippen LogP contribution in [0.3, 0.4) is 0 Å². The molecule has 3 heteroatoms. The van der Waals surface area contributed by atoms with Crippen molar-refractivity contribution < 1.29 is 8.78 Å². The smallest absolute Gasteiger partial charge is 0.159 e. The van der Waals surface area contributed by atoms with Gasteiger partial charge in [0.05, 0.1) is 0 Å². The minimum Gasteiger partial charge on any atom is -0.204 e. The average molecular weight is 259 g/mol. The molecule has 17 heavy (non-hydrogen) atoms. The van der Waals surface area contributed by atoms with Crippen molar-refractivity contribution in [2.24, 2.45) is 5.41 Å². The van der Waals surface area contributed by atoms with Crippen molar-refractivity contribution in [3.8, 4) is 0 Å². The first-order valence-electron chi connectivity index (χ1n) is 6.09. The second-order valence-corrected chi connectivity index (χ2v) is 5.81. The summed E-state index contributed by atoms with van der Waals surface area (Å²) in [5, 5.41) is -0.00476. The maximum Gasteiger partial charge on any atom is 0.159 e. The molecule has 0 aromatic heterocycles. The summed E-state index contributed by atoms with van der Waals surface area (Å²) in [7, 11) is 0. The van der Waals surface area contributed by atoms with Crippen LogP contribution in [0.15, 0.2) is 18.2 Å². The van der Waals surface area contributed by atoms with Crippen LogP contribution >= 0.6 is 11.6 Å². The maximum absolute atomic E-state index is 13.1. The van der Waals surface area contributed by atoms with E-state index in [4.69, 9.17) is 11.6 Å². The highest BCUT2D eigenvalue weighted by Crippen LogP contribution is 2.43. The summed E-state index contributed by atoms with van der Waals surface area (Å²) in [6, 6.07) is 4.04. The van der Waals surface area contributed by atoms with E-state index in [1.165, 1.54) is 25.0 Å². The van der Waals surface area contributed by atoms with Gasteiger partial charge in [-0.2, -0.15) is 0 Å². The first-order chi connectivity index (χ1) is 8.01. The van der Waals surface area contributed by atoms with E-state index >= 15 is 0 Å². The molecule has 94 valence electrons. The molecule has 1 fully saturated rings. The van der Waals surface area contributed by atoms with Gasteiger partial charge in [-0.3, -0.25) is 0 Å². The van der Waals surface area contributed by atoms with Crippen molar-refractivity contribution in [1.29, 1.82) is 0 Å². The quantitative estimate of drug-likeness (QED) is 0.690. The van der Waals surface area contributed by atoms with Crippen LogP contribution in [-0.2, 0) is 6.42 Å². The van der Waals surface area contributed by atoms with Gasteiger partial charge in [-0.1, -0.05) is 25.8 Å². The Morgan fingerprint density at radius 3 is 2.47 bits per heavy atom. The van der Waals surface area contributed by atoms with E-state index in [0.717, 1.165) is 18.4 Å². The van der Waals surface area contributed by atoms with Gasteiger partial charge in [0.2, 0.25) is 0 Å². The molecule has 1 unspecified atom stereocenters. The van der Waals surface area contributed by atoms with Gasteiger partial charge in [0.15, 0.2) is 11.6 Å². The fourth-order valence-corrected chi connectivity index (χ4v) is 3.01. The van der Waals surface area contributed by atoms with Gasteiger partial charge in [-0.05, 0) is 42.4 Å². The summed E-state index contributed by atoms with van der Waals surface area (Å²) < 4.78 is 25.9. The van der Waals surface area contributed by atoms with Crippen LogP contribution in [0.2, 0.25) is 0 Å². The molecule has 0 bridgehead atoms. The fourth-order valence-electron chi connectivity index (χ4n) is 2.62. The summed E-state index contributed by atoms with van der Waals surface area (Å²) in [5.74, 6) is -1.59. The Morgan fingerprint density at radius 2 is 1.88 bits per heavy atom. The van der Waals surface area contributed by atoms with E-state index in [9.17, 15) is 8.78 Å². The maximum atomic E-state index is 13.1. The lowest BCUT2D eigenvalue weighted by atomic mass is 9.82. The average Bonchev–Trinajstić information content (AvgIpc) is 2.72. The Kier molecular flexibility index (Phi) is 3.72. The predicted molar refractivity (Wildman–Crippen MR) is 66.3 cm³/mol. The molecule has 1 aromatic carbocycles. The molecule has 0 radical (unpaired) electrons. The summed E-state index contributed by atoms with van der Waals surface area (Å²) in [6.07, 6.45) is 5.31. The summed E-state index contributed by atoms with van der Waals surface area (Å²) in [4.78, 5) is 0. The van der Waals surface area contributed by atoms with E-state index in [-0.39, 0.29) is 10.8 Å². The lowest BCUT2D eigenvalue weighted by Gasteiger charge is -2.29. The minimum absolute atomic E-state index is 0.00476. The van der Waals surface area contributed by atoms with Crippen molar-refractivity contribution in [2.45, 2.75) is 44.4 Å². The standard InChI is InChI=1S/C14H17ClF2/c1-14(6-2-3-7-14)13(15)9-10-4-5-11(16)12(17)8-10/h4-5,8,13H,2-3,6-7,9H2,1H3. The van der Waals surface area contributed by atoms with Crippen LogP contribution in [0.25, 0.3) is 0 Å². The highest BCUT2D eigenvalue weighted by Gasteiger charge is 2.35. The van der Waals surface area contributed by atoms with E-state index in [1.54, 1.807) is 6.07 Å². The Hall–Kier alpha value is -0.630. The number of halogens is 3. The molecule has 0 heterocycles. The first-order valence-corrected chi connectivity index (χ1v) is 6.53. The lowest BCUT2D eigenvalue weighted by Crippen LogP contribution is -2.26. The zero-order valence-electron chi connectivity index (χ0n) is 9.98. The molecule has 1 atom stereocenters. The van der Waals surface area contributed by atoms with Gasteiger partial charge in [-0.15, -0.1) is 11.6 Å². The Bertz CT molecular complexity index is 397. The van der Waals surface area contributed by atoms with Crippen LogP contribution in [0.4, 0.5) is 8.78 Å². The van der Waals surface area contributed by atoms with Crippen LogP contribution in [0.1, 0.15) is 38.2 Å². The number of hydrogen-bond donors (Lipinski definition) is 0. The molecule has 0 spiro atoms. The van der Waals surface area contributed by atoms with Crippen molar-refractivity contribution in [3.63, 3.8) is 0 Å². The third kappa shape index (κ3) is 2.79. The van der Waals surface area contributed by atoms with Gasteiger partial charge in [-0.25, -0.2) is 8.78 Å². The molecule has 1 aromatic rings. The first kappa shape index (κ1) is 12.8. The zero-order valence-corrected chi connectivity index (χ0v) is 10.7. The van der Waals surface area contributed by atoms with Gasteiger partial charge in [0.25, 0.3) is 0 Å². The van der Waals surface area contributed by atoms with Crippen LogP contribution in [0, 0.1) is 17.0 Å². The summed E-state index contributed by atoms with van der Waals surface area (Å²) >= 11 is 6.44. The fraction of sp³-hybridized carbons (Fsp3) is 0.571. The van der Waals surface area contributed by atoms with Crippen molar-refractivity contribution in [2.75, 3.05) is 0 Å². The predicted octanol–water partition coefficient (Wildman–Crippen LogP) is 4.70. The monoisotopic (exact) mass is 258 g/mol. The van der Waals surface area contributed by atoms with Crippen LogP contribution < -0.4 is 0 Å². The molecular formula is C14H17ClF2. The third-order valence-corrected chi connectivity index (χ3v) is 4.58. The molecule has 0 saturated heterocycles. The second kappa shape index (κ2) is 4.93. The lowest BCUT2D eigenvalue weighted by molar-refractivity contribution is 0.316. The largest absolute Gasteiger partial charge is 0.204 e. The minimum atomic E-state index is -0.799. The highest BCUT2D eigenvalue weighted by atomic mass is 35.5. The van der Waals surface area contributed by atoms with Crippen LogP contribution in [-0.4, -0.2) is 5.38 Å². The zero-order chi connectivity index (χ0) is 12.5. The second-order valence-electron chi connectivity index (χ2n) is 5.28. The molecule has 0 aliphatic heterocycles. The molecule has 0 nitrogen and oxygen atoms in total. The van der Waals surface area contributed by atoms with Crippen molar-refractivity contribution >= 4 is 11.6 Å². The van der Waals surface area contributed by atoms with Crippen molar-refractivity contribution in [3.05, 3.63) is 35.4 Å². The molecular weight excluding hydrogens is 242 g/mol. The highest BCUT2D eigenvalue weighted by molar-refractivity contribution is 6.21. The topological polar surface area (TPSA) is 0 Å². The third-order valence-electron chi connectivity index (χ3n) is 3.90. The number of benzene rings is 1. The Balaban J connectivity index is 2.07. The number of alkyl halides is 1. The molecule has 1 aliphatic carbocycles. The van der Waals surface area contributed by atoms with Crippen molar-refractivity contribution in [1.82, 2.24) is 0 Å². The molecule has 2 rings (SSSR count). The molecule has 0 amide bonds. The van der Waals surface area contributed by atoms with E-state index in [0.29, 0.717) is 6.42 Å². The Labute approximate surface area is 106 Å². The van der Waals surface area contributed by atoms with Crippen LogP contribution in [0.5, 0.6) is 0 Å². The van der Waals surface area contributed by atoms with Gasteiger partial charge < -0.3 is 0 Å².